The van der Waals surface area contributed by atoms with Crippen molar-refractivity contribution in [1.82, 2.24) is 9.55 Å². The molecular formula is C15H10ClN3. The first-order valence-corrected chi connectivity index (χ1v) is 6.24. The van der Waals surface area contributed by atoms with E-state index in [0.717, 1.165) is 16.5 Å². The van der Waals surface area contributed by atoms with Crippen molar-refractivity contribution in [1.29, 1.82) is 5.26 Å². The molecule has 0 radical (unpaired) electrons. The minimum Gasteiger partial charge on any atom is -0.343 e. The molecule has 3 rings (SSSR count). The van der Waals surface area contributed by atoms with Gasteiger partial charge >= 0.3 is 0 Å². The molecule has 0 unspecified atom stereocenters. The first-order chi connectivity index (χ1) is 9.29. The molecule has 92 valence electrons. The third-order valence-electron chi connectivity index (χ3n) is 3.13. The lowest BCUT2D eigenvalue weighted by Gasteiger charge is -2.07. The molecule has 4 heteroatoms. The fraction of sp³-hybridized carbons (Fsp3) is 0.0667. The first-order valence-electron chi connectivity index (χ1n) is 5.86. The third kappa shape index (κ3) is 2.07. The van der Waals surface area contributed by atoms with Crippen molar-refractivity contribution in [2.24, 2.45) is 0 Å². The zero-order valence-electron chi connectivity index (χ0n) is 10.0. The maximum atomic E-state index is 9.09. The summed E-state index contributed by atoms with van der Waals surface area (Å²) in [5.74, 6) is 0. The lowest BCUT2D eigenvalue weighted by Crippen LogP contribution is -1.98. The van der Waals surface area contributed by atoms with Crippen LogP contribution in [-0.4, -0.2) is 9.55 Å². The Bertz CT molecular complexity index is 783. The number of nitriles is 1. The van der Waals surface area contributed by atoms with Gasteiger partial charge < -0.3 is 4.57 Å². The van der Waals surface area contributed by atoms with Crippen LogP contribution < -0.4 is 0 Å². The predicted octanol–water partition coefficient (Wildman–Crippen LogP) is 3.61. The molecule has 3 aromatic rings. The van der Waals surface area contributed by atoms with Gasteiger partial charge in [0.05, 0.1) is 16.7 Å². The molecule has 0 atom stereocenters. The number of halogens is 1. The fourth-order valence-electron chi connectivity index (χ4n) is 2.17. The number of rotatable bonds is 2. The largest absolute Gasteiger partial charge is 0.343 e. The standard InChI is InChI=1S/C15H10ClN3/c16-14-9-18-6-4-12(14)10-19-7-5-13-11(8-17)2-1-3-15(13)19/h1-7,9H,10H2. The van der Waals surface area contributed by atoms with Crippen molar-refractivity contribution in [3.8, 4) is 6.07 Å². The molecule has 0 N–H and O–H groups in total. The van der Waals surface area contributed by atoms with Gasteiger partial charge in [-0.25, -0.2) is 0 Å². The Morgan fingerprint density at radius 1 is 1.26 bits per heavy atom. The zero-order chi connectivity index (χ0) is 13.2. The molecule has 0 aliphatic rings. The van der Waals surface area contributed by atoms with E-state index in [1.165, 1.54) is 0 Å². The highest BCUT2D eigenvalue weighted by Crippen LogP contribution is 2.22. The average Bonchev–Trinajstić information content (AvgIpc) is 2.84. The quantitative estimate of drug-likeness (QED) is 0.712. The molecule has 2 aromatic heterocycles. The molecule has 0 aliphatic carbocycles. The number of aromatic nitrogens is 2. The van der Waals surface area contributed by atoms with Crippen molar-refractivity contribution >= 4 is 22.5 Å². The highest BCUT2D eigenvalue weighted by atomic mass is 35.5. The first kappa shape index (κ1) is 11.8. The van der Waals surface area contributed by atoms with Gasteiger partial charge in [-0.15, -0.1) is 0 Å². The number of fused-ring (bicyclic) bond motifs is 1. The van der Waals surface area contributed by atoms with Gasteiger partial charge in [0, 0.05) is 36.0 Å². The van der Waals surface area contributed by atoms with E-state index in [0.29, 0.717) is 17.1 Å². The summed E-state index contributed by atoms with van der Waals surface area (Å²) in [5, 5.41) is 10.7. The van der Waals surface area contributed by atoms with Gasteiger partial charge in [-0.2, -0.15) is 5.26 Å². The van der Waals surface area contributed by atoms with Crippen molar-refractivity contribution in [3.63, 3.8) is 0 Å². The molecule has 1 aromatic carbocycles. The summed E-state index contributed by atoms with van der Waals surface area (Å²) in [6, 6.07) is 11.8. The van der Waals surface area contributed by atoms with Gasteiger partial charge in [-0.1, -0.05) is 17.7 Å². The van der Waals surface area contributed by atoms with Crippen molar-refractivity contribution in [3.05, 3.63) is 65.1 Å². The van der Waals surface area contributed by atoms with Crippen LogP contribution in [0.3, 0.4) is 0 Å². The van der Waals surface area contributed by atoms with E-state index in [4.69, 9.17) is 16.9 Å². The molecule has 0 saturated carbocycles. The molecule has 0 spiro atoms. The number of hydrogen-bond acceptors (Lipinski definition) is 2. The molecule has 0 fully saturated rings. The molecule has 0 amide bonds. The van der Waals surface area contributed by atoms with Crippen LogP contribution in [0.4, 0.5) is 0 Å². The second kappa shape index (κ2) is 4.75. The van der Waals surface area contributed by atoms with Crippen LogP contribution in [0.5, 0.6) is 0 Å². The summed E-state index contributed by atoms with van der Waals surface area (Å²) in [6.07, 6.45) is 5.35. The van der Waals surface area contributed by atoms with Gasteiger partial charge in [0.1, 0.15) is 0 Å². The normalized spacial score (nSPS) is 10.5. The van der Waals surface area contributed by atoms with E-state index < -0.39 is 0 Å². The number of benzene rings is 1. The van der Waals surface area contributed by atoms with Crippen molar-refractivity contribution in [2.45, 2.75) is 6.54 Å². The number of hydrogen-bond donors (Lipinski definition) is 0. The van der Waals surface area contributed by atoms with E-state index in [1.807, 2.05) is 36.5 Å². The van der Waals surface area contributed by atoms with Crippen LogP contribution in [0, 0.1) is 11.3 Å². The van der Waals surface area contributed by atoms with Crippen molar-refractivity contribution in [2.75, 3.05) is 0 Å². The molecule has 0 aliphatic heterocycles. The average molecular weight is 268 g/mol. The van der Waals surface area contributed by atoms with Crippen LogP contribution in [0.1, 0.15) is 11.1 Å². The summed E-state index contributed by atoms with van der Waals surface area (Å²) < 4.78 is 2.08. The van der Waals surface area contributed by atoms with Gasteiger partial charge in [0.15, 0.2) is 0 Å². The smallest absolute Gasteiger partial charge is 0.0998 e. The second-order valence-electron chi connectivity index (χ2n) is 4.26. The molecule has 0 saturated heterocycles. The minimum absolute atomic E-state index is 0.654. The van der Waals surface area contributed by atoms with E-state index >= 15 is 0 Å². The summed E-state index contributed by atoms with van der Waals surface area (Å²) in [4.78, 5) is 3.98. The van der Waals surface area contributed by atoms with Crippen LogP contribution in [0.15, 0.2) is 48.9 Å². The van der Waals surface area contributed by atoms with E-state index in [-0.39, 0.29) is 0 Å². The molecular weight excluding hydrogens is 258 g/mol. The highest BCUT2D eigenvalue weighted by molar-refractivity contribution is 6.31. The molecule has 2 heterocycles. The molecule has 19 heavy (non-hydrogen) atoms. The van der Waals surface area contributed by atoms with Crippen LogP contribution in [-0.2, 0) is 6.54 Å². The summed E-state index contributed by atoms with van der Waals surface area (Å²) in [6.45, 7) is 0.666. The van der Waals surface area contributed by atoms with Gasteiger partial charge in [0.2, 0.25) is 0 Å². The van der Waals surface area contributed by atoms with E-state index in [2.05, 4.69) is 15.6 Å². The summed E-state index contributed by atoms with van der Waals surface area (Å²) in [5.41, 5.74) is 2.74. The van der Waals surface area contributed by atoms with Gasteiger partial charge in [-0.3, -0.25) is 4.98 Å². The van der Waals surface area contributed by atoms with E-state index in [9.17, 15) is 0 Å². The molecule has 3 nitrogen and oxygen atoms in total. The van der Waals surface area contributed by atoms with Crippen LogP contribution in [0.2, 0.25) is 5.02 Å². The Morgan fingerprint density at radius 2 is 2.16 bits per heavy atom. The Kier molecular flexibility index (Phi) is 2.94. The maximum Gasteiger partial charge on any atom is 0.0998 e. The van der Waals surface area contributed by atoms with Gasteiger partial charge in [0.25, 0.3) is 0 Å². The molecule has 0 bridgehead atoms. The second-order valence-corrected chi connectivity index (χ2v) is 4.67. The lowest BCUT2D eigenvalue weighted by molar-refractivity contribution is 0.835. The monoisotopic (exact) mass is 267 g/mol. The summed E-state index contributed by atoms with van der Waals surface area (Å²) in [7, 11) is 0. The Balaban J connectivity index is 2.08. The maximum absolute atomic E-state index is 9.09. The Labute approximate surface area is 115 Å². The SMILES string of the molecule is N#Cc1cccc2c1ccn2Cc1ccncc1Cl. The topological polar surface area (TPSA) is 41.6 Å². The number of pyridine rings is 1. The Hall–Kier alpha value is -2.31. The predicted molar refractivity (Wildman–Crippen MR) is 75.0 cm³/mol. The van der Waals surface area contributed by atoms with Crippen molar-refractivity contribution < 1.29 is 0 Å². The van der Waals surface area contributed by atoms with Gasteiger partial charge in [-0.05, 0) is 29.8 Å². The number of nitrogens with zero attached hydrogens (tertiary/aromatic N) is 3. The Morgan fingerprint density at radius 3 is 2.95 bits per heavy atom. The fourth-order valence-corrected chi connectivity index (χ4v) is 2.35. The highest BCUT2D eigenvalue weighted by Gasteiger charge is 2.07. The lowest BCUT2D eigenvalue weighted by atomic mass is 10.1. The van der Waals surface area contributed by atoms with Crippen LogP contribution >= 0.6 is 11.6 Å². The van der Waals surface area contributed by atoms with Crippen LogP contribution in [0.25, 0.3) is 10.9 Å². The third-order valence-corrected chi connectivity index (χ3v) is 3.47. The van der Waals surface area contributed by atoms with E-state index in [1.54, 1.807) is 12.4 Å². The summed E-state index contributed by atoms with van der Waals surface area (Å²) >= 11 is 6.12. The zero-order valence-corrected chi connectivity index (χ0v) is 10.8. The minimum atomic E-state index is 0.654.